The first-order valence-corrected chi connectivity index (χ1v) is 14.1. The van der Waals surface area contributed by atoms with Gasteiger partial charge in [0, 0.05) is 0 Å². The Morgan fingerprint density at radius 3 is 2.55 bits per heavy atom. The lowest BCUT2D eigenvalue weighted by molar-refractivity contribution is -0.345. The van der Waals surface area contributed by atoms with Gasteiger partial charge in [-0.1, -0.05) is 40.5 Å². The van der Waals surface area contributed by atoms with Crippen LogP contribution in [-0.2, 0) is 18.9 Å². The van der Waals surface area contributed by atoms with Crippen molar-refractivity contribution in [2.24, 2.45) is 29.6 Å². The predicted octanol–water partition coefficient (Wildman–Crippen LogP) is 6.00. The van der Waals surface area contributed by atoms with Gasteiger partial charge in [0.05, 0.1) is 19.3 Å². The summed E-state index contributed by atoms with van der Waals surface area (Å²) in [6.07, 6.45) is 7.13. The minimum absolute atomic E-state index is 0.0477. The second-order valence-electron chi connectivity index (χ2n) is 11.1. The van der Waals surface area contributed by atoms with E-state index in [1.54, 1.807) is 0 Å². The van der Waals surface area contributed by atoms with Crippen LogP contribution in [0.3, 0.4) is 0 Å². The van der Waals surface area contributed by atoms with E-state index in [2.05, 4.69) is 39.4 Å². The molecule has 1 aliphatic carbocycles. The molecule has 7 heteroatoms. The van der Waals surface area contributed by atoms with Crippen LogP contribution in [0.4, 0.5) is 4.79 Å². The molecule has 3 rings (SSSR count). The third-order valence-corrected chi connectivity index (χ3v) is 10.2. The van der Waals surface area contributed by atoms with Crippen molar-refractivity contribution in [3.63, 3.8) is 0 Å². The lowest BCUT2D eigenvalue weighted by Gasteiger charge is -2.57. The summed E-state index contributed by atoms with van der Waals surface area (Å²) in [7, 11) is 1.33. The van der Waals surface area contributed by atoms with Crippen molar-refractivity contribution in [3.05, 3.63) is 0 Å². The number of hydrogen-bond donors (Lipinski definition) is 1. The average molecular weight is 487 g/mol. The molecular formula is C26H46O6S. The van der Waals surface area contributed by atoms with Crippen LogP contribution in [0.5, 0.6) is 0 Å². The summed E-state index contributed by atoms with van der Waals surface area (Å²) >= 11 is 1.87. The molecule has 0 aromatic carbocycles. The van der Waals surface area contributed by atoms with Gasteiger partial charge < -0.3 is 24.1 Å². The van der Waals surface area contributed by atoms with Crippen LogP contribution < -0.4 is 0 Å². The summed E-state index contributed by atoms with van der Waals surface area (Å²) < 4.78 is 22.7. The molecule has 3 fully saturated rings. The molecule has 2 aliphatic heterocycles. The zero-order chi connectivity index (χ0) is 24.2. The van der Waals surface area contributed by atoms with Crippen LogP contribution in [0.25, 0.3) is 0 Å². The van der Waals surface area contributed by atoms with Crippen LogP contribution in [0.15, 0.2) is 0 Å². The van der Waals surface area contributed by atoms with Gasteiger partial charge in [0.1, 0.15) is 11.0 Å². The van der Waals surface area contributed by atoms with Crippen molar-refractivity contribution < 1.29 is 28.8 Å². The highest BCUT2D eigenvalue weighted by molar-refractivity contribution is 7.99. The van der Waals surface area contributed by atoms with Crippen molar-refractivity contribution in [2.75, 3.05) is 19.5 Å². The average Bonchev–Trinajstić information content (AvgIpc) is 2.89. The number of ether oxygens (including phenoxy) is 4. The minimum atomic E-state index is -0.888. The standard InChI is InChI=1S/C26H46O6S/c1-17(2)25(5)14-13-20-18(3)11-12-21-19(4)22(31-23(32-25)26(20,21)28)33-16-10-8-7-9-15-30-24(27)29-6/h17-23,28H,7-16H2,1-6H3/t18-,19-,20+,21+,22+,23-,25+,26-/m1/s1. The van der Waals surface area contributed by atoms with E-state index >= 15 is 0 Å². The molecule has 192 valence electrons. The highest BCUT2D eigenvalue weighted by atomic mass is 32.2. The summed E-state index contributed by atoms with van der Waals surface area (Å²) in [5.74, 6) is 2.64. The van der Waals surface area contributed by atoms with Gasteiger partial charge in [0.25, 0.3) is 0 Å². The molecule has 0 aromatic rings. The SMILES string of the molecule is COC(=O)OCCCCCCS[C@@H]1O[C@@H]2O[C@](C)(C(C)C)CC[C@H]3[C@H](C)CC[C@@H]([C@H]1C)[C@@]23O. The second kappa shape index (κ2) is 11.5. The van der Waals surface area contributed by atoms with Crippen molar-refractivity contribution in [3.8, 4) is 0 Å². The molecule has 0 amide bonds. The molecule has 1 N–H and O–H groups in total. The molecule has 0 unspecified atom stereocenters. The number of hydrogen-bond acceptors (Lipinski definition) is 7. The van der Waals surface area contributed by atoms with Gasteiger partial charge in [-0.3, -0.25) is 0 Å². The number of methoxy groups -OCH3 is 1. The van der Waals surface area contributed by atoms with E-state index in [0.717, 1.165) is 50.7 Å². The quantitative estimate of drug-likeness (QED) is 0.316. The van der Waals surface area contributed by atoms with Crippen LogP contribution in [0.1, 0.15) is 86.0 Å². The van der Waals surface area contributed by atoms with Gasteiger partial charge in [-0.05, 0) is 80.8 Å². The molecule has 2 saturated heterocycles. The van der Waals surface area contributed by atoms with Crippen LogP contribution in [0, 0.1) is 29.6 Å². The molecule has 1 saturated carbocycles. The first-order chi connectivity index (χ1) is 15.6. The van der Waals surface area contributed by atoms with Gasteiger partial charge in [0.2, 0.25) is 0 Å². The maximum absolute atomic E-state index is 12.2. The summed E-state index contributed by atoms with van der Waals surface area (Å²) in [5.41, 5.74) is -1.11. The first-order valence-electron chi connectivity index (χ1n) is 13.0. The molecular weight excluding hydrogens is 440 g/mol. The van der Waals surface area contributed by atoms with E-state index in [4.69, 9.17) is 14.2 Å². The van der Waals surface area contributed by atoms with Gasteiger partial charge in [-0.2, -0.15) is 0 Å². The third kappa shape index (κ3) is 5.84. The number of unbranched alkanes of at least 4 members (excludes halogenated alkanes) is 3. The Labute approximate surface area is 204 Å². The molecule has 0 radical (unpaired) electrons. The van der Waals surface area contributed by atoms with E-state index < -0.39 is 18.0 Å². The molecule has 6 nitrogen and oxygen atoms in total. The smallest absolute Gasteiger partial charge is 0.438 e. The maximum Gasteiger partial charge on any atom is 0.507 e. The van der Waals surface area contributed by atoms with Gasteiger partial charge in [-0.15, -0.1) is 11.8 Å². The highest BCUT2D eigenvalue weighted by Gasteiger charge is 2.63. The number of rotatable bonds is 9. The van der Waals surface area contributed by atoms with Gasteiger partial charge in [0.15, 0.2) is 6.29 Å². The van der Waals surface area contributed by atoms with Crippen molar-refractivity contribution in [1.29, 1.82) is 0 Å². The Bertz CT molecular complexity index is 644. The lowest BCUT2D eigenvalue weighted by atomic mass is 9.58. The fraction of sp³-hybridized carbons (Fsp3) is 0.962. The van der Waals surface area contributed by atoms with Crippen LogP contribution in [0.2, 0.25) is 0 Å². The third-order valence-electron chi connectivity index (χ3n) is 8.76. The monoisotopic (exact) mass is 486 g/mol. The lowest BCUT2D eigenvalue weighted by Crippen LogP contribution is -2.66. The number of aliphatic hydroxyl groups is 1. The summed E-state index contributed by atoms with van der Waals surface area (Å²) in [4.78, 5) is 11.0. The topological polar surface area (TPSA) is 74.2 Å². The summed E-state index contributed by atoms with van der Waals surface area (Å²) in [6.45, 7) is 11.6. The molecule has 0 bridgehead atoms. The van der Waals surface area contributed by atoms with Crippen LogP contribution >= 0.6 is 11.8 Å². The zero-order valence-corrected chi connectivity index (χ0v) is 22.3. The highest BCUT2D eigenvalue weighted by Crippen LogP contribution is 2.57. The fourth-order valence-electron chi connectivity index (χ4n) is 6.15. The first kappa shape index (κ1) is 27.1. The fourth-order valence-corrected chi connectivity index (χ4v) is 7.43. The summed E-state index contributed by atoms with van der Waals surface area (Å²) in [6, 6.07) is 0. The largest absolute Gasteiger partial charge is 0.507 e. The molecule has 0 spiro atoms. The number of carbonyl (C=O) groups is 1. The minimum Gasteiger partial charge on any atom is -0.438 e. The van der Waals surface area contributed by atoms with E-state index in [0.29, 0.717) is 24.4 Å². The Hall–Kier alpha value is -0.500. The summed E-state index contributed by atoms with van der Waals surface area (Å²) in [5, 5.41) is 12.2. The van der Waals surface area contributed by atoms with E-state index in [1.165, 1.54) is 13.5 Å². The molecule has 0 aromatic heterocycles. The van der Waals surface area contributed by atoms with Crippen molar-refractivity contribution in [1.82, 2.24) is 0 Å². The Morgan fingerprint density at radius 1 is 1.12 bits per heavy atom. The van der Waals surface area contributed by atoms with E-state index in [-0.39, 0.29) is 22.9 Å². The van der Waals surface area contributed by atoms with Crippen molar-refractivity contribution in [2.45, 2.75) is 109 Å². The molecule has 3 aliphatic rings. The number of carbonyl (C=O) groups excluding carboxylic acids is 1. The Kier molecular flexibility index (Phi) is 9.43. The maximum atomic E-state index is 12.2. The zero-order valence-electron chi connectivity index (χ0n) is 21.5. The van der Waals surface area contributed by atoms with Gasteiger partial charge in [-0.25, -0.2) is 4.79 Å². The Morgan fingerprint density at radius 2 is 1.85 bits per heavy atom. The van der Waals surface area contributed by atoms with E-state index in [1.807, 2.05) is 11.8 Å². The van der Waals surface area contributed by atoms with Gasteiger partial charge >= 0.3 is 6.16 Å². The second-order valence-corrected chi connectivity index (χ2v) is 12.3. The normalized spacial score (nSPS) is 40.7. The predicted molar refractivity (Wildman–Crippen MR) is 131 cm³/mol. The van der Waals surface area contributed by atoms with E-state index in [9.17, 15) is 9.90 Å². The molecule has 8 atom stereocenters. The number of thioether (sulfide) groups is 1. The Balaban J connectivity index is 1.57. The molecule has 2 heterocycles. The van der Waals surface area contributed by atoms with Crippen molar-refractivity contribution >= 4 is 17.9 Å². The molecule has 33 heavy (non-hydrogen) atoms. The van der Waals surface area contributed by atoms with Crippen LogP contribution in [-0.4, -0.2) is 53.7 Å².